The van der Waals surface area contributed by atoms with Crippen LogP contribution < -0.4 is 10.6 Å². The van der Waals surface area contributed by atoms with Crippen molar-refractivity contribution >= 4 is 26.5 Å². The number of hydrogen-bond donors (Lipinski definition) is 0. The van der Waals surface area contributed by atoms with Gasteiger partial charge in [-0.2, -0.15) is 6.07 Å². The third-order valence-corrected chi connectivity index (χ3v) is 13.9. The van der Waals surface area contributed by atoms with Crippen LogP contribution in [-0.2, 0) is 17.4 Å². The van der Waals surface area contributed by atoms with E-state index >= 15 is 0 Å². The second kappa shape index (κ2) is 31.5. The molecule has 0 heterocycles. The second-order valence-corrected chi connectivity index (χ2v) is 16.8. The fourth-order valence-electron chi connectivity index (χ4n) is 5.59. The Morgan fingerprint density at radius 3 is 1.20 bits per heavy atom. The van der Waals surface area contributed by atoms with Crippen LogP contribution >= 0.6 is 15.8 Å². The first kappa shape index (κ1) is 41.1. The van der Waals surface area contributed by atoms with Crippen LogP contribution in [0.5, 0.6) is 0 Å². The minimum absolute atomic E-state index is 0. The van der Waals surface area contributed by atoms with Crippen molar-refractivity contribution in [3.63, 3.8) is 0 Å². The van der Waals surface area contributed by atoms with Crippen LogP contribution in [-0.4, -0.2) is 24.6 Å². The van der Waals surface area contributed by atoms with E-state index in [1.165, 1.54) is 153 Å². The zero-order valence-corrected chi connectivity index (χ0v) is 31.0. The van der Waals surface area contributed by atoms with Gasteiger partial charge in [-0.3, -0.25) is 0 Å². The first-order valence-electron chi connectivity index (χ1n) is 17.7. The molecule has 0 saturated heterocycles. The largest absolute Gasteiger partial charge is 0.748 e. The first-order valence-corrected chi connectivity index (χ1v) is 21.1. The summed E-state index contributed by atoms with van der Waals surface area (Å²) < 4.78 is 0. The van der Waals surface area contributed by atoms with Crippen molar-refractivity contribution in [3.8, 4) is 0 Å². The fourth-order valence-corrected chi connectivity index (χ4v) is 11.7. The topological polar surface area (TPSA) is 0 Å². The average molecular weight is 639 g/mol. The van der Waals surface area contributed by atoms with E-state index in [0.717, 1.165) is 0 Å². The van der Waals surface area contributed by atoms with Crippen molar-refractivity contribution in [2.75, 3.05) is 24.6 Å². The Morgan fingerprint density at radius 1 is 0.488 bits per heavy atom. The summed E-state index contributed by atoms with van der Waals surface area (Å²) in [5, 5.41) is 3.72. The quantitative estimate of drug-likeness (QED) is 0.0546. The number of unbranched alkanes of at least 4 members (excludes halogenated alkanes) is 16. The zero-order valence-electron chi connectivity index (χ0n) is 27.9. The smallest absolute Gasteiger partial charge is 0 e. The van der Waals surface area contributed by atoms with Crippen molar-refractivity contribution in [2.45, 2.75) is 156 Å². The fraction of sp³-hybridized carbons (Fsp3) is 0.737. The molecule has 242 valence electrons. The van der Waals surface area contributed by atoms with Crippen LogP contribution in [0, 0.1) is 0 Å². The van der Waals surface area contributed by atoms with Gasteiger partial charge in [-0.05, 0) is 50.3 Å². The molecule has 0 fully saturated rings. The summed E-state index contributed by atoms with van der Waals surface area (Å²) in [5.74, 6) is 0. The van der Waals surface area contributed by atoms with Gasteiger partial charge < -0.3 is 30.3 Å². The van der Waals surface area contributed by atoms with Gasteiger partial charge in [0.25, 0.3) is 0 Å². The zero-order chi connectivity index (χ0) is 28.9. The Morgan fingerprint density at radius 2 is 0.829 bits per heavy atom. The van der Waals surface area contributed by atoms with Gasteiger partial charge in [-0.25, -0.2) is 12.1 Å². The minimum atomic E-state index is 0. The normalized spacial score (nSPS) is 11.1. The van der Waals surface area contributed by atoms with Gasteiger partial charge in [0.05, 0.1) is 0 Å². The summed E-state index contributed by atoms with van der Waals surface area (Å²) in [6.07, 6.45) is 34.7. The second-order valence-electron chi connectivity index (χ2n) is 11.9. The Hall–Kier alpha value is 0.0925. The van der Waals surface area contributed by atoms with E-state index in [1.807, 2.05) is 40.9 Å². The molecule has 0 N–H and O–H groups in total. The molecule has 2 rings (SSSR count). The van der Waals surface area contributed by atoms with Gasteiger partial charge >= 0.3 is 0 Å². The van der Waals surface area contributed by atoms with Crippen LogP contribution in [0.2, 0.25) is 0 Å². The monoisotopic (exact) mass is 638 g/mol. The van der Waals surface area contributed by atoms with Crippen molar-refractivity contribution in [3.05, 3.63) is 48.5 Å². The summed E-state index contributed by atoms with van der Waals surface area (Å²) in [5.41, 5.74) is 0. The number of rotatable bonds is 26. The maximum absolute atomic E-state index is 2.59. The van der Waals surface area contributed by atoms with Crippen LogP contribution in [0.1, 0.15) is 156 Å². The van der Waals surface area contributed by atoms with Crippen LogP contribution in [0.15, 0.2) is 48.5 Å². The molecule has 0 unspecified atom stereocenters. The minimum Gasteiger partial charge on any atom is -0.748 e. The third-order valence-electron chi connectivity index (χ3n) is 8.13. The van der Waals surface area contributed by atoms with Crippen LogP contribution in [0.25, 0.3) is 0 Å². The summed E-state index contributed by atoms with van der Waals surface area (Å²) in [4.78, 5) is 0. The molecule has 0 aromatic heterocycles. The van der Waals surface area contributed by atoms with E-state index in [2.05, 4.69) is 45.9 Å². The summed E-state index contributed by atoms with van der Waals surface area (Å²) in [6.45, 7) is 9.36. The molecule has 0 saturated carbocycles. The van der Waals surface area contributed by atoms with E-state index in [-0.39, 0.29) is 33.2 Å². The molecule has 3 heteroatoms. The predicted octanol–water partition coefficient (Wildman–Crippen LogP) is 12.9. The molecular formula is C38H68CrP2-6. The molecule has 0 aliphatic heterocycles. The molecule has 0 radical (unpaired) electrons. The Labute approximate surface area is 272 Å². The molecule has 2 aromatic carbocycles. The van der Waals surface area contributed by atoms with Crippen molar-refractivity contribution in [1.29, 1.82) is 0 Å². The molecule has 0 spiro atoms. The van der Waals surface area contributed by atoms with Gasteiger partial charge in [0, 0.05) is 17.4 Å². The Bertz CT molecular complexity index is 631. The molecule has 0 nitrogen and oxygen atoms in total. The van der Waals surface area contributed by atoms with Crippen molar-refractivity contribution < 1.29 is 17.4 Å². The van der Waals surface area contributed by atoms with E-state index in [4.69, 9.17) is 0 Å². The van der Waals surface area contributed by atoms with E-state index < -0.39 is 0 Å². The molecule has 0 aliphatic carbocycles. The van der Waals surface area contributed by atoms with Gasteiger partial charge in [0.1, 0.15) is 0 Å². The first-order chi connectivity index (χ1) is 19.8. The standard InChI is InChI=1S/C33H63P2.C5H5.Cr/c1-5-9-13-17-21-28-34(29-22-18-14-10-6-2)32-26-25-27-33(32)35(30-23-19-15-11-7-3)31-24-20-16-12-8-4;1-2-4-5-3-1;/h25-27H,5-24,28-31H2,1-4H3;1-5H;/q-1;-5;. The summed E-state index contributed by atoms with van der Waals surface area (Å²) in [6, 6.07) is 17.6. The van der Waals surface area contributed by atoms with Gasteiger partial charge in [-0.1, -0.05) is 130 Å². The van der Waals surface area contributed by atoms with Gasteiger partial charge in [0.2, 0.25) is 0 Å². The van der Waals surface area contributed by atoms with Gasteiger partial charge in [0.15, 0.2) is 0 Å². The van der Waals surface area contributed by atoms with E-state index in [0.29, 0.717) is 0 Å². The van der Waals surface area contributed by atoms with Gasteiger partial charge in [-0.15, -0.1) is 26.5 Å². The van der Waals surface area contributed by atoms with E-state index in [9.17, 15) is 0 Å². The van der Waals surface area contributed by atoms with Crippen molar-refractivity contribution in [2.24, 2.45) is 0 Å². The SMILES string of the molecule is CCCCCCCP(CCCCCCC)c1ccc[c-]1P(CCCCCCC)CCCCCCC.[Cr].[cH-]1[cH-][cH-][cH-][cH-]1. The summed E-state index contributed by atoms with van der Waals surface area (Å²) >= 11 is 0. The Kier molecular flexibility index (Phi) is 31.6. The molecule has 2 aromatic rings. The average Bonchev–Trinajstić information content (AvgIpc) is 3.71. The maximum Gasteiger partial charge on any atom is 0 e. The van der Waals surface area contributed by atoms with Crippen LogP contribution in [0.3, 0.4) is 0 Å². The van der Waals surface area contributed by atoms with Crippen LogP contribution in [0.4, 0.5) is 0 Å². The molecule has 0 amide bonds. The van der Waals surface area contributed by atoms with E-state index in [1.54, 1.807) is 0 Å². The molecule has 0 atom stereocenters. The summed E-state index contributed by atoms with van der Waals surface area (Å²) in [7, 11) is 0.108. The maximum atomic E-state index is 2.59. The van der Waals surface area contributed by atoms with Crippen molar-refractivity contribution in [1.82, 2.24) is 0 Å². The molecule has 41 heavy (non-hydrogen) atoms. The predicted molar refractivity (Wildman–Crippen MR) is 192 cm³/mol. The molecule has 0 aliphatic rings. The number of hydrogen-bond acceptors (Lipinski definition) is 0. The molecule has 0 bridgehead atoms. The third kappa shape index (κ3) is 22.3. The molecular weight excluding hydrogens is 570 g/mol. The Balaban J connectivity index is 0.00000239.